The van der Waals surface area contributed by atoms with Crippen molar-refractivity contribution in [3.8, 4) is 11.5 Å². The van der Waals surface area contributed by atoms with Crippen molar-refractivity contribution in [3.63, 3.8) is 0 Å². The molecule has 102 valence electrons. The lowest BCUT2D eigenvalue weighted by Crippen LogP contribution is -2.07. The molecular weight excluding hydrogens is 296 g/mol. The lowest BCUT2D eigenvalue weighted by Gasteiger charge is -2.09. The maximum absolute atomic E-state index is 10.9. The first kappa shape index (κ1) is 14.6. The minimum atomic E-state index is -5.01. The zero-order valence-electron chi connectivity index (χ0n) is 8.21. The van der Waals surface area contributed by atoms with E-state index in [-0.39, 0.29) is 0 Å². The van der Waals surface area contributed by atoms with Crippen molar-refractivity contribution in [3.05, 3.63) is 12.1 Å². The highest BCUT2D eigenvalue weighted by atomic mass is 32.2. The molecule has 0 fully saturated rings. The van der Waals surface area contributed by atoms with E-state index in [0.717, 1.165) is 0 Å². The molecule has 10 nitrogen and oxygen atoms in total. The molecule has 18 heavy (non-hydrogen) atoms. The van der Waals surface area contributed by atoms with Gasteiger partial charge >= 0.3 is 0 Å². The topological polar surface area (TPSA) is 168 Å². The Balaban J connectivity index is 3.79. The van der Waals surface area contributed by atoms with Gasteiger partial charge in [0.15, 0.2) is 0 Å². The average molecular weight is 302 g/mol. The first-order chi connectivity index (χ1) is 8.11. The molecule has 1 aromatic carbocycles. The summed E-state index contributed by atoms with van der Waals surface area (Å²) >= 11 is 0. The summed E-state index contributed by atoms with van der Waals surface area (Å²) < 4.78 is 61.0. The van der Waals surface area contributed by atoms with Crippen LogP contribution in [-0.4, -0.2) is 36.5 Å². The third kappa shape index (κ3) is 2.87. The molecule has 0 saturated carbocycles. The molecule has 1 rings (SSSR count). The van der Waals surface area contributed by atoms with Crippen molar-refractivity contribution in [2.24, 2.45) is 0 Å². The van der Waals surface area contributed by atoms with Gasteiger partial charge in [-0.25, -0.2) is 10.5 Å². The summed E-state index contributed by atoms with van der Waals surface area (Å²) in [6, 6.07) is 0.744. The van der Waals surface area contributed by atoms with Gasteiger partial charge < -0.3 is 9.78 Å². The van der Waals surface area contributed by atoms with E-state index in [4.69, 9.17) is 19.6 Å². The Morgan fingerprint density at radius 2 is 1.44 bits per heavy atom. The second kappa shape index (κ2) is 4.68. The van der Waals surface area contributed by atoms with Crippen LogP contribution in [0.1, 0.15) is 0 Å². The molecule has 0 amide bonds. The van der Waals surface area contributed by atoms with Gasteiger partial charge in [-0.3, -0.25) is 9.11 Å². The molecule has 0 aliphatic carbocycles. The van der Waals surface area contributed by atoms with Gasteiger partial charge in [0.2, 0.25) is 11.5 Å². The van der Waals surface area contributed by atoms with E-state index in [1.807, 2.05) is 0 Å². The van der Waals surface area contributed by atoms with E-state index in [2.05, 4.69) is 9.78 Å². The molecule has 0 aliphatic rings. The van der Waals surface area contributed by atoms with Crippen LogP contribution in [0, 0.1) is 0 Å². The Labute approximate surface area is 100 Å². The molecule has 0 heterocycles. The van der Waals surface area contributed by atoms with Gasteiger partial charge in [-0.15, -0.1) is 0 Å². The number of rotatable bonds is 4. The van der Waals surface area contributed by atoms with E-state index in [0.29, 0.717) is 12.1 Å². The summed E-state index contributed by atoms with van der Waals surface area (Å²) in [5.41, 5.74) is 0. The first-order valence-corrected chi connectivity index (χ1v) is 6.75. The lowest BCUT2D eigenvalue weighted by molar-refractivity contribution is -0.166. The molecule has 0 bridgehead atoms. The maximum atomic E-state index is 10.9. The van der Waals surface area contributed by atoms with Crippen molar-refractivity contribution < 1.29 is 46.2 Å². The largest absolute Gasteiger partial charge is 0.336 e. The van der Waals surface area contributed by atoms with E-state index in [1.165, 1.54) is 0 Å². The van der Waals surface area contributed by atoms with Gasteiger partial charge in [0.1, 0.15) is 4.90 Å². The second-order valence-corrected chi connectivity index (χ2v) is 5.69. The van der Waals surface area contributed by atoms with Gasteiger partial charge in [0.25, 0.3) is 20.2 Å². The van der Waals surface area contributed by atoms with Crippen molar-refractivity contribution in [1.29, 1.82) is 0 Å². The van der Waals surface area contributed by atoms with Gasteiger partial charge in [0, 0.05) is 6.07 Å². The second-order valence-electron chi connectivity index (χ2n) is 2.88. The monoisotopic (exact) mass is 302 g/mol. The van der Waals surface area contributed by atoms with E-state index >= 15 is 0 Å². The smallest absolute Gasteiger partial charge is 0.298 e. The number of benzene rings is 1. The summed E-state index contributed by atoms with van der Waals surface area (Å²) in [5.74, 6) is -2.02. The predicted octanol–water partition coefficient (Wildman–Crippen LogP) is -0.116. The van der Waals surface area contributed by atoms with Gasteiger partial charge in [-0.1, -0.05) is 0 Å². The third-order valence-electron chi connectivity index (χ3n) is 1.76. The zero-order valence-corrected chi connectivity index (χ0v) is 9.84. The highest BCUT2D eigenvalue weighted by Crippen LogP contribution is 2.36. The molecule has 12 heteroatoms. The standard InChI is InChI=1S/C6H6O10S2/c7-15-4-1-3(17(9,10)11)2-5(6(4)16-8)18(12,13)14/h1-2,7-8H,(H,9,10,11)(H,12,13,14). The van der Waals surface area contributed by atoms with Crippen molar-refractivity contribution in [2.45, 2.75) is 9.79 Å². The summed E-state index contributed by atoms with van der Waals surface area (Å²) in [5, 5.41) is 16.8. The van der Waals surface area contributed by atoms with Crippen LogP contribution in [-0.2, 0) is 20.2 Å². The molecule has 0 saturated heterocycles. The van der Waals surface area contributed by atoms with Crippen LogP contribution in [0.5, 0.6) is 11.5 Å². The van der Waals surface area contributed by atoms with Gasteiger partial charge in [-0.05, 0) is 6.07 Å². The first-order valence-electron chi connectivity index (χ1n) is 3.87. The van der Waals surface area contributed by atoms with Crippen LogP contribution in [0.2, 0.25) is 0 Å². The molecule has 0 atom stereocenters. The highest BCUT2D eigenvalue weighted by Gasteiger charge is 2.27. The van der Waals surface area contributed by atoms with Crippen molar-refractivity contribution in [2.75, 3.05) is 0 Å². The van der Waals surface area contributed by atoms with Crippen LogP contribution in [0.25, 0.3) is 0 Å². The minimum absolute atomic E-state index is 0.290. The molecule has 0 unspecified atom stereocenters. The van der Waals surface area contributed by atoms with E-state index in [1.54, 1.807) is 0 Å². The fourth-order valence-electron chi connectivity index (χ4n) is 1.05. The molecule has 0 aromatic heterocycles. The van der Waals surface area contributed by atoms with Crippen molar-refractivity contribution in [1.82, 2.24) is 0 Å². The average Bonchev–Trinajstić information content (AvgIpc) is 2.24. The Kier molecular flexibility index (Phi) is 3.80. The van der Waals surface area contributed by atoms with E-state index < -0.39 is 41.5 Å². The van der Waals surface area contributed by atoms with Crippen molar-refractivity contribution >= 4 is 20.2 Å². The fourth-order valence-corrected chi connectivity index (χ4v) is 2.30. The number of hydrogen-bond donors (Lipinski definition) is 4. The van der Waals surface area contributed by atoms with Crippen LogP contribution in [0.15, 0.2) is 21.9 Å². The molecular formula is C6H6O10S2. The lowest BCUT2D eigenvalue weighted by atomic mass is 10.3. The molecule has 1 aromatic rings. The summed E-state index contributed by atoms with van der Waals surface area (Å²) in [6.45, 7) is 0. The third-order valence-corrected chi connectivity index (χ3v) is 3.45. The normalized spacial score (nSPS) is 12.2. The Morgan fingerprint density at radius 3 is 1.78 bits per heavy atom. The summed E-state index contributed by atoms with van der Waals surface area (Å²) in [7, 11) is -9.86. The van der Waals surface area contributed by atoms with Gasteiger partial charge in [0.05, 0.1) is 4.90 Å². The molecule has 0 radical (unpaired) electrons. The Bertz CT molecular complexity index is 658. The fraction of sp³-hybridized carbons (Fsp3) is 0. The minimum Gasteiger partial charge on any atom is -0.336 e. The highest BCUT2D eigenvalue weighted by molar-refractivity contribution is 7.86. The maximum Gasteiger partial charge on any atom is 0.298 e. The quantitative estimate of drug-likeness (QED) is 0.334. The van der Waals surface area contributed by atoms with E-state index in [9.17, 15) is 16.8 Å². The summed E-state index contributed by atoms with van der Waals surface area (Å²) in [4.78, 5) is 4.89. The Morgan fingerprint density at radius 1 is 0.889 bits per heavy atom. The molecule has 0 aliphatic heterocycles. The predicted molar refractivity (Wildman–Crippen MR) is 52.6 cm³/mol. The SMILES string of the molecule is O=S(=O)(O)c1cc(OO)c(OO)c(S(=O)(=O)O)c1. The molecule has 0 spiro atoms. The van der Waals surface area contributed by atoms with Crippen LogP contribution in [0.3, 0.4) is 0 Å². The Hall–Kier alpha value is -1.44. The van der Waals surface area contributed by atoms with Crippen LogP contribution < -0.4 is 9.78 Å². The van der Waals surface area contributed by atoms with Crippen LogP contribution >= 0.6 is 0 Å². The number of hydrogen-bond acceptors (Lipinski definition) is 8. The molecule has 4 N–H and O–H groups in total. The van der Waals surface area contributed by atoms with Gasteiger partial charge in [-0.2, -0.15) is 16.8 Å². The zero-order chi connectivity index (χ0) is 14.1. The van der Waals surface area contributed by atoms with Crippen LogP contribution in [0.4, 0.5) is 0 Å². The summed E-state index contributed by atoms with van der Waals surface area (Å²) in [6.07, 6.45) is 0.